The number of carbonyl (C=O) groups excluding carboxylic acids is 1. The van der Waals surface area contributed by atoms with E-state index >= 15 is 0 Å². The Morgan fingerprint density at radius 1 is 1.29 bits per heavy atom. The number of rotatable bonds is 5. The van der Waals surface area contributed by atoms with E-state index in [1.165, 1.54) is 0 Å². The highest BCUT2D eigenvalue weighted by Crippen LogP contribution is 2.50. The summed E-state index contributed by atoms with van der Waals surface area (Å²) in [5.41, 5.74) is 5.52. The lowest BCUT2D eigenvalue weighted by Crippen LogP contribution is -2.74. The summed E-state index contributed by atoms with van der Waals surface area (Å²) in [6.45, 7) is 12.5. The lowest BCUT2D eigenvalue weighted by atomic mass is 9.54. The number of carbonyl (C=O) groups is 1. The second kappa shape index (κ2) is 6.37. The van der Waals surface area contributed by atoms with E-state index in [2.05, 4.69) is 5.32 Å². The van der Waals surface area contributed by atoms with Crippen molar-refractivity contribution in [3.05, 3.63) is 24.3 Å². The van der Waals surface area contributed by atoms with Crippen molar-refractivity contribution in [3.63, 3.8) is 0 Å². The fraction of sp³-hybridized carbons (Fsp3) is 0.632. The van der Waals surface area contributed by atoms with Crippen molar-refractivity contribution in [2.24, 2.45) is 11.1 Å². The van der Waals surface area contributed by atoms with Gasteiger partial charge in [-0.3, -0.25) is 4.79 Å². The fourth-order valence-corrected chi connectivity index (χ4v) is 3.02. The normalized spacial score (nSPS) is 25.7. The molecule has 1 aliphatic carbocycles. The van der Waals surface area contributed by atoms with E-state index in [1.54, 1.807) is 0 Å². The number of amides is 1. The number of anilines is 1. The van der Waals surface area contributed by atoms with Crippen LogP contribution in [-0.2, 0) is 9.53 Å². The molecule has 2 atom stereocenters. The van der Waals surface area contributed by atoms with Gasteiger partial charge in [0.15, 0.2) is 0 Å². The third-order valence-corrected chi connectivity index (χ3v) is 4.77. The fourth-order valence-electron chi connectivity index (χ4n) is 3.02. The Labute approximate surface area is 144 Å². The molecule has 0 aliphatic heterocycles. The van der Waals surface area contributed by atoms with Gasteiger partial charge >= 0.3 is 0 Å². The average molecular weight is 334 g/mol. The number of nitrogens with one attached hydrogen (secondary N) is 1. The highest BCUT2D eigenvalue weighted by Gasteiger charge is 2.62. The summed E-state index contributed by atoms with van der Waals surface area (Å²) in [4.78, 5) is 12.7. The third kappa shape index (κ3) is 3.57. The van der Waals surface area contributed by atoms with Crippen LogP contribution in [0.5, 0.6) is 5.75 Å². The first-order chi connectivity index (χ1) is 11.0. The summed E-state index contributed by atoms with van der Waals surface area (Å²) in [6, 6.07) is 7.35. The van der Waals surface area contributed by atoms with E-state index in [4.69, 9.17) is 15.2 Å². The van der Waals surface area contributed by atoms with Crippen molar-refractivity contribution >= 4 is 11.6 Å². The van der Waals surface area contributed by atoms with Crippen LogP contribution in [0.1, 0.15) is 48.0 Å². The number of hydrogen-bond donors (Lipinski definition) is 2. The number of nitrogens with two attached hydrogens (primary N) is 1. The Kier molecular flexibility index (Phi) is 4.98. The molecule has 24 heavy (non-hydrogen) atoms. The third-order valence-electron chi connectivity index (χ3n) is 4.77. The highest BCUT2D eigenvalue weighted by atomic mass is 16.5. The van der Waals surface area contributed by atoms with Gasteiger partial charge in [0, 0.05) is 24.1 Å². The molecule has 2 rings (SSSR count). The zero-order valence-electron chi connectivity index (χ0n) is 15.6. The molecule has 1 aromatic carbocycles. The van der Waals surface area contributed by atoms with Gasteiger partial charge in [0.25, 0.3) is 0 Å². The average Bonchev–Trinajstić information content (AvgIpc) is 2.47. The molecule has 134 valence electrons. The Morgan fingerprint density at radius 2 is 1.88 bits per heavy atom. The van der Waals surface area contributed by atoms with E-state index in [1.807, 2.05) is 65.8 Å². The molecular weight excluding hydrogens is 304 g/mol. The van der Waals surface area contributed by atoms with E-state index in [9.17, 15) is 4.79 Å². The van der Waals surface area contributed by atoms with Crippen LogP contribution in [-0.4, -0.2) is 29.8 Å². The maximum absolute atomic E-state index is 12.7. The lowest BCUT2D eigenvalue weighted by molar-refractivity contribution is -0.166. The molecule has 1 fully saturated rings. The molecule has 5 nitrogen and oxygen atoms in total. The van der Waals surface area contributed by atoms with Crippen molar-refractivity contribution in [2.75, 3.05) is 11.9 Å². The lowest BCUT2D eigenvalue weighted by Gasteiger charge is -2.57. The van der Waals surface area contributed by atoms with Gasteiger partial charge < -0.3 is 20.5 Å². The Balaban J connectivity index is 2.02. The van der Waals surface area contributed by atoms with Gasteiger partial charge in [-0.15, -0.1) is 0 Å². The zero-order valence-corrected chi connectivity index (χ0v) is 15.6. The second-order valence-corrected chi connectivity index (χ2v) is 8.03. The van der Waals surface area contributed by atoms with E-state index in [0.29, 0.717) is 18.7 Å². The molecule has 0 radical (unpaired) electrons. The van der Waals surface area contributed by atoms with Crippen molar-refractivity contribution in [3.8, 4) is 5.75 Å². The largest absolute Gasteiger partial charge is 0.488 e. The van der Waals surface area contributed by atoms with Gasteiger partial charge in [0.2, 0.25) is 5.91 Å². The first-order valence-electron chi connectivity index (χ1n) is 8.50. The van der Waals surface area contributed by atoms with E-state index in [0.717, 1.165) is 5.75 Å². The summed E-state index contributed by atoms with van der Waals surface area (Å²) >= 11 is 0. The van der Waals surface area contributed by atoms with Crippen molar-refractivity contribution in [1.82, 2.24) is 0 Å². The minimum atomic E-state index is -0.923. The molecule has 5 heteroatoms. The molecule has 0 heterocycles. The summed E-state index contributed by atoms with van der Waals surface area (Å²) in [5.74, 6) is 0.594. The van der Waals surface area contributed by atoms with Crippen LogP contribution in [0.25, 0.3) is 0 Å². The molecule has 3 N–H and O–H groups in total. The first kappa shape index (κ1) is 18.7. The van der Waals surface area contributed by atoms with Crippen LogP contribution in [0.4, 0.5) is 5.69 Å². The molecule has 1 saturated carbocycles. The SMILES string of the molecule is CCOC1CC(N)(C(=O)Nc2ccc(OC(C)(C)C)cc2)C1(C)C. The van der Waals surface area contributed by atoms with Crippen LogP contribution < -0.4 is 15.8 Å². The van der Waals surface area contributed by atoms with Gasteiger partial charge in [0.05, 0.1) is 6.10 Å². The van der Waals surface area contributed by atoms with Crippen LogP contribution in [0.2, 0.25) is 0 Å². The molecule has 2 unspecified atom stereocenters. The van der Waals surface area contributed by atoms with Gasteiger partial charge in [-0.25, -0.2) is 0 Å². The monoisotopic (exact) mass is 334 g/mol. The minimum Gasteiger partial charge on any atom is -0.488 e. The maximum atomic E-state index is 12.7. The van der Waals surface area contributed by atoms with Gasteiger partial charge in [-0.05, 0) is 52.0 Å². The number of ether oxygens (including phenoxy) is 2. The number of benzene rings is 1. The Morgan fingerprint density at radius 3 is 2.33 bits per heavy atom. The van der Waals surface area contributed by atoms with Crippen LogP contribution in [0.15, 0.2) is 24.3 Å². The predicted octanol–water partition coefficient (Wildman–Crippen LogP) is 3.33. The van der Waals surface area contributed by atoms with Gasteiger partial charge in [-0.1, -0.05) is 13.8 Å². The Bertz CT molecular complexity index is 590. The van der Waals surface area contributed by atoms with Crippen molar-refractivity contribution < 1.29 is 14.3 Å². The number of hydrogen-bond acceptors (Lipinski definition) is 4. The molecular formula is C19H30N2O3. The Hall–Kier alpha value is -1.59. The molecule has 1 aliphatic rings. The van der Waals surface area contributed by atoms with Crippen molar-refractivity contribution in [2.45, 2.75) is 65.2 Å². The minimum absolute atomic E-state index is 0.0146. The predicted molar refractivity (Wildman–Crippen MR) is 96.2 cm³/mol. The smallest absolute Gasteiger partial charge is 0.245 e. The van der Waals surface area contributed by atoms with E-state index < -0.39 is 11.0 Å². The topological polar surface area (TPSA) is 73.6 Å². The molecule has 0 bridgehead atoms. The molecule has 0 spiro atoms. The van der Waals surface area contributed by atoms with Crippen LogP contribution >= 0.6 is 0 Å². The van der Waals surface area contributed by atoms with Gasteiger partial charge in [0.1, 0.15) is 16.9 Å². The van der Waals surface area contributed by atoms with Gasteiger partial charge in [-0.2, -0.15) is 0 Å². The summed E-state index contributed by atoms with van der Waals surface area (Å²) in [5, 5.41) is 2.92. The molecule has 0 saturated heterocycles. The first-order valence-corrected chi connectivity index (χ1v) is 8.50. The van der Waals surface area contributed by atoms with Crippen molar-refractivity contribution in [1.29, 1.82) is 0 Å². The van der Waals surface area contributed by atoms with E-state index in [-0.39, 0.29) is 17.6 Å². The molecule has 0 aromatic heterocycles. The standard InChI is InChI=1S/C19H30N2O3/c1-7-23-15-12-19(20,18(15,5)6)16(22)21-13-8-10-14(11-9-13)24-17(2,3)4/h8-11,15H,7,12,20H2,1-6H3,(H,21,22). The summed E-state index contributed by atoms with van der Waals surface area (Å²) in [6.07, 6.45) is 0.547. The summed E-state index contributed by atoms with van der Waals surface area (Å²) in [7, 11) is 0. The van der Waals surface area contributed by atoms with Crippen LogP contribution in [0, 0.1) is 5.41 Å². The quantitative estimate of drug-likeness (QED) is 0.866. The maximum Gasteiger partial charge on any atom is 0.245 e. The second-order valence-electron chi connectivity index (χ2n) is 8.03. The molecule has 1 aromatic rings. The van der Waals surface area contributed by atoms with Crippen LogP contribution in [0.3, 0.4) is 0 Å². The summed E-state index contributed by atoms with van der Waals surface area (Å²) < 4.78 is 11.5. The molecule has 1 amide bonds. The zero-order chi connectivity index (χ0) is 18.2. The highest BCUT2D eigenvalue weighted by molar-refractivity contribution is 5.99.